The van der Waals surface area contributed by atoms with Crippen molar-refractivity contribution in [2.75, 3.05) is 0 Å². The highest BCUT2D eigenvalue weighted by atomic mass is 16.6. The zero-order valence-electron chi connectivity index (χ0n) is 26.5. The molecule has 240 valence electrons. The van der Waals surface area contributed by atoms with Crippen LogP contribution in [0.3, 0.4) is 0 Å². The molecular formula is C35H44N4O6. The fraction of sp³-hybridized carbons (Fsp3) is 0.371. The Balaban J connectivity index is 1.73. The van der Waals surface area contributed by atoms with Gasteiger partial charge in [-0.1, -0.05) is 86.6 Å². The quantitative estimate of drug-likeness (QED) is 0.215. The number of rotatable bonds is 14. The highest BCUT2D eigenvalue weighted by Gasteiger charge is 2.32. The Kier molecular flexibility index (Phi) is 12.5. The van der Waals surface area contributed by atoms with Crippen LogP contribution >= 0.6 is 0 Å². The van der Waals surface area contributed by atoms with E-state index < -0.39 is 47.5 Å². The van der Waals surface area contributed by atoms with Gasteiger partial charge in [-0.3, -0.25) is 14.4 Å². The van der Waals surface area contributed by atoms with Crippen LogP contribution < -0.4 is 26.4 Å². The predicted molar refractivity (Wildman–Crippen MR) is 172 cm³/mol. The first-order chi connectivity index (χ1) is 21.3. The molecule has 5 N–H and O–H groups in total. The summed E-state index contributed by atoms with van der Waals surface area (Å²) in [7, 11) is 0. The Morgan fingerprint density at radius 1 is 0.689 bits per heavy atom. The van der Waals surface area contributed by atoms with E-state index in [1.54, 1.807) is 46.8 Å². The molecule has 10 heteroatoms. The molecule has 0 aliphatic rings. The number of ether oxygens (including phenoxy) is 2. The van der Waals surface area contributed by atoms with Crippen molar-refractivity contribution in [2.45, 2.75) is 77.8 Å². The highest BCUT2D eigenvalue weighted by molar-refractivity contribution is 5.94. The summed E-state index contributed by atoms with van der Waals surface area (Å²) in [6.07, 6.45) is -0.448. The molecule has 45 heavy (non-hydrogen) atoms. The molecule has 0 aliphatic heterocycles. The lowest BCUT2D eigenvalue weighted by Crippen LogP contribution is -2.58. The molecular weight excluding hydrogens is 572 g/mol. The molecule has 0 radical (unpaired) electrons. The molecule has 0 spiro atoms. The summed E-state index contributed by atoms with van der Waals surface area (Å²) < 4.78 is 11.3. The number of alkyl carbamates (subject to hydrolysis) is 1. The van der Waals surface area contributed by atoms with Crippen molar-refractivity contribution in [3.05, 3.63) is 102 Å². The van der Waals surface area contributed by atoms with E-state index in [9.17, 15) is 19.2 Å². The van der Waals surface area contributed by atoms with Crippen molar-refractivity contribution in [1.29, 1.82) is 0 Å². The maximum absolute atomic E-state index is 13.6. The van der Waals surface area contributed by atoms with Gasteiger partial charge in [0.05, 0.1) is 0 Å². The number of benzene rings is 3. The summed E-state index contributed by atoms with van der Waals surface area (Å²) in [5, 5.41) is 8.10. The summed E-state index contributed by atoms with van der Waals surface area (Å²) in [6, 6.07) is 23.1. The van der Waals surface area contributed by atoms with Gasteiger partial charge in [0, 0.05) is 12.8 Å². The van der Waals surface area contributed by atoms with E-state index in [4.69, 9.17) is 15.2 Å². The minimum atomic E-state index is -1.07. The lowest BCUT2D eigenvalue weighted by Gasteiger charge is -2.27. The van der Waals surface area contributed by atoms with Crippen molar-refractivity contribution in [2.24, 2.45) is 11.7 Å². The first-order valence-electron chi connectivity index (χ1n) is 15.0. The van der Waals surface area contributed by atoms with E-state index in [2.05, 4.69) is 16.0 Å². The smallest absolute Gasteiger partial charge is 0.408 e. The van der Waals surface area contributed by atoms with Crippen molar-refractivity contribution in [3.63, 3.8) is 0 Å². The third-order valence-electron chi connectivity index (χ3n) is 6.81. The molecule has 3 aromatic rings. The van der Waals surface area contributed by atoms with Gasteiger partial charge in [-0.05, 0) is 55.5 Å². The van der Waals surface area contributed by atoms with Gasteiger partial charge >= 0.3 is 6.09 Å². The minimum Gasteiger partial charge on any atom is -0.489 e. The van der Waals surface area contributed by atoms with E-state index in [1.165, 1.54) is 0 Å². The molecule has 0 fully saturated rings. The third kappa shape index (κ3) is 12.0. The van der Waals surface area contributed by atoms with Gasteiger partial charge < -0.3 is 31.2 Å². The maximum atomic E-state index is 13.6. The average Bonchev–Trinajstić information content (AvgIpc) is 2.98. The van der Waals surface area contributed by atoms with Gasteiger partial charge in [0.15, 0.2) is 0 Å². The molecule has 0 unspecified atom stereocenters. The van der Waals surface area contributed by atoms with Gasteiger partial charge in [-0.2, -0.15) is 0 Å². The molecule has 3 atom stereocenters. The third-order valence-corrected chi connectivity index (χ3v) is 6.81. The number of carbonyl (C=O) groups is 4. The number of amides is 4. The fourth-order valence-electron chi connectivity index (χ4n) is 4.48. The first kappa shape index (κ1) is 34.6. The number of hydrogen-bond acceptors (Lipinski definition) is 6. The number of carbonyl (C=O) groups excluding carboxylic acids is 4. The monoisotopic (exact) mass is 616 g/mol. The fourth-order valence-corrected chi connectivity index (χ4v) is 4.48. The maximum Gasteiger partial charge on any atom is 0.408 e. The zero-order chi connectivity index (χ0) is 33.0. The molecule has 0 saturated carbocycles. The Bertz CT molecular complexity index is 1410. The first-order valence-corrected chi connectivity index (χ1v) is 15.0. The molecule has 4 amide bonds. The number of nitrogens with one attached hydrogen (secondary N) is 3. The van der Waals surface area contributed by atoms with E-state index >= 15 is 0 Å². The SMILES string of the molecule is CC(C)[C@H](NC(=O)[C@@H](Cc1ccc(OCc2ccccc2)cc1)NC(=O)OC(C)(C)C)C(=O)N[C@H](Cc1ccccc1)C(N)=O. The molecule has 0 aliphatic carbocycles. The van der Waals surface area contributed by atoms with Crippen LogP contribution in [0.5, 0.6) is 5.75 Å². The summed E-state index contributed by atoms with van der Waals surface area (Å²) in [4.78, 5) is 51.9. The molecule has 0 bridgehead atoms. The molecule has 3 aromatic carbocycles. The van der Waals surface area contributed by atoms with Crippen molar-refractivity contribution in [1.82, 2.24) is 16.0 Å². The Morgan fingerprint density at radius 3 is 1.76 bits per heavy atom. The minimum absolute atomic E-state index is 0.119. The topological polar surface area (TPSA) is 149 Å². The van der Waals surface area contributed by atoms with Gasteiger partial charge in [0.2, 0.25) is 17.7 Å². The van der Waals surface area contributed by atoms with E-state index in [0.717, 1.165) is 16.7 Å². The van der Waals surface area contributed by atoms with Gasteiger partial charge in [0.25, 0.3) is 0 Å². The summed E-state index contributed by atoms with van der Waals surface area (Å²) >= 11 is 0. The lowest BCUT2D eigenvalue weighted by molar-refractivity contribution is -0.133. The zero-order valence-corrected chi connectivity index (χ0v) is 26.5. The van der Waals surface area contributed by atoms with Gasteiger partial charge in [-0.25, -0.2) is 4.79 Å². The van der Waals surface area contributed by atoms with Gasteiger partial charge in [-0.15, -0.1) is 0 Å². The Labute approximate surface area is 265 Å². The van der Waals surface area contributed by atoms with Crippen LogP contribution in [0, 0.1) is 5.92 Å². The Hall–Kier alpha value is -4.86. The van der Waals surface area contributed by atoms with Crippen molar-refractivity contribution in [3.8, 4) is 5.75 Å². The van der Waals surface area contributed by atoms with Crippen molar-refractivity contribution >= 4 is 23.8 Å². The number of nitrogens with two attached hydrogens (primary N) is 1. The number of hydrogen-bond donors (Lipinski definition) is 4. The largest absolute Gasteiger partial charge is 0.489 e. The normalized spacial score (nSPS) is 13.2. The van der Waals surface area contributed by atoms with Crippen LogP contribution in [-0.4, -0.2) is 47.5 Å². The summed E-state index contributed by atoms with van der Waals surface area (Å²) in [6.45, 7) is 9.11. The van der Waals surface area contributed by atoms with E-state index in [1.807, 2.05) is 72.8 Å². The molecule has 10 nitrogen and oxygen atoms in total. The van der Waals surface area contributed by atoms with Crippen LogP contribution in [0.25, 0.3) is 0 Å². The van der Waals surface area contributed by atoms with Crippen molar-refractivity contribution < 1.29 is 28.7 Å². The summed E-state index contributed by atoms with van der Waals surface area (Å²) in [5.74, 6) is -1.53. The second-order valence-electron chi connectivity index (χ2n) is 12.2. The van der Waals surface area contributed by atoms with E-state index in [0.29, 0.717) is 12.4 Å². The van der Waals surface area contributed by atoms with Crippen LogP contribution in [0.2, 0.25) is 0 Å². The second-order valence-corrected chi connectivity index (χ2v) is 12.2. The van der Waals surface area contributed by atoms with Crippen LogP contribution in [-0.2, 0) is 38.6 Å². The van der Waals surface area contributed by atoms with E-state index in [-0.39, 0.29) is 18.8 Å². The van der Waals surface area contributed by atoms with Crippen LogP contribution in [0.1, 0.15) is 51.3 Å². The lowest BCUT2D eigenvalue weighted by atomic mass is 9.99. The molecule has 3 rings (SSSR count). The molecule has 0 saturated heterocycles. The standard InChI is InChI=1S/C35H44N4O6/c1-23(2)30(33(42)37-28(31(36)40)20-24-12-8-6-9-13-24)39-32(41)29(38-34(43)45-35(3,4)5)21-25-16-18-27(19-17-25)44-22-26-14-10-7-11-15-26/h6-19,23,28-30H,20-22H2,1-5H3,(H2,36,40)(H,37,42)(H,38,43)(H,39,41)/t28-,29-,30+/m1/s1. The van der Waals surface area contributed by atoms with Crippen LogP contribution in [0.4, 0.5) is 4.79 Å². The van der Waals surface area contributed by atoms with Gasteiger partial charge in [0.1, 0.15) is 36.1 Å². The predicted octanol–water partition coefficient (Wildman–Crippen LogP) is 4.06. The highest BCUT2D eigenvalue weighted by Crippen LogP contribution is 2.17. The van der Waals surface area contributed by atoms with Crippen LogP contribution in [0.15, 0.2) is 84.9 Å². The Morgan fingerprint density at radius 2 is 1.22 bits per heavy atom. The summed E-state index contributed by atoms with van der Waals surface area (Å²) in [5.41, 5.74) is 7.42. The molecule has 0 aromatic heterocycles. The second kappa shape index (κ2) is 16.3. The molecule has 0 heterocycles. The average molecular weight is 617 g/mol. The number of primary amides is 1.